The monoisotopic (exact) mass is 363 g/mol. The number of carbonyl (C=O) groups is 2. The smallest absolute Gasteiger partial charge is 0.408 e. The van der Waals surface area contributed by atoms with E-state index in [9.17, 15) is 14.5 Å². The molecule has 1 rings (SSSR count). The molecule has 0 heterocycles. The molecular weight excluding hydrogens is 334 g/mol. The van der Waals surface area contributed by atoms with E-state index in [1.54, 1.807) is 20.8 Å². The van der Waals surface area contributed by atoms with Gasteiger partial charge in [0.2, 0.25) is 5.91 Å². The van der Waals surface area contributed by atoms with Gasteiger partial charge < -0.3 is 15.4 Å². The Balaban J connectivity index is 2.89. The van der Waals surface area contributed by atoms with Gasteiger partial charge in [-0.2, -0.15) is 4.91 Å². The van der Waals surface area contributed by atoms with Crippen molar-refractivity contribution >= 4 is 12.0 Å². The predicted molar refractivity (Wildman–Crippen MR) is 101 cm³/mol. The minimum absolute atomic E-state index is 0.0199. The molecular formula is C19H29N3O4. The maximum Gasteiger partial charge on any atom is 0.408 e. The first-order valence-corrected chi connectivity index (χ1v) is 8.75. The molecule has 2 N–H and O–H groups in total. The van der Waals surface area contributed by atoms with Gasteiger partial charge in [-0.05, 0) is 32.3 Å². The zero-order valence-electron chi connectivity index (χ0n) is 16.1. The Kier molecular flexibility index (Phi) is 8.22. The van der Waals surface area contributed by atoms with Crippen LogP contribution < -0.4 is 10.6 Å². The molecule has 0 aliphatic carbocycles. The van der Waals surface area contributed by atoms with Crippen molar-refractivity contribution in [3.63, 3.8) is 0 Å². The zero-order chi connectivity index (χ0) is 19.7. The summed E-state index contributed by atoms with van der Waals surface area (Å²) in [7, 11) is 0. The van der Waals surface area contributed by atoms with E-state index in [0.29, 0.717) is 6.42 Å². The van der Waals surface area contributed by atoms with Crippen LogP contribution in [0.1, 0.15) is 40.2 Å². The van der Waals surface area contributed by atoms with Crippen molar-refractivity contribution < 1.29 is 14.3 Å². The molecule has 2 atom stereocenters. The van der Waals surface area contributed by atoms with Gasteiger partial charge in [0.1, 0.15) is 18.2 Å². The van der Waals surface area contributed by atoms with Gasteiger partial charge in [-0.1, -0.05) is 49.4 Å². The van der Waals surface area contributed by atoms with Crippen molar-refractivity contribution in [2.45, 2.75) is 58.7 Å². The van der Waals surface area contributed by atoms with Crippen LogP contribution in [-0.4, -0.2) is 36.2 Å². The SMILES string of the molecule is CC(C)C(CN=O)NC(=O)C(Cc1ccccc1)NC(=O)OC(C)(C)C. The fourth-order valence-electron chi connectivity index (χ4n) is 2.30. The highest BCUT2D eigenvalue weighted by molar-refractivity contribution is 5.86. The van der Waals surface area contributed by atoms with Crippen LogP contribution in [0, 0.1) is 10.8 Å². The molecule has 0 radical (unpaired) electrons. The number of alkyl carbamates (subject to hydrolysis) is 1. The number of hydrogen-bond acceptors (Lipinski definition) is 5. The van der Waals surface area contributed by atoms with Crippen LogP contribution in [0.5, 0.6) is 0 Å². The quantitative estimate of drug-likeness (QED) is 0.694. The van der Waals surface area contributed by atoms with Gasteiger partial charge in [-0.15, -0.1) is 0 Å². The van der Waals surface area contributed by atoms with Crippen molar-refractivity contribution in [1.82, 2.24) is 10.6 Å². The first-order valence-electron chi connectivity index (χ1n) is 8.75. The number of nitroso groups, excluding NO2 is 1. The molecule has 0 aromatic heterocycles. The third-order valence-corrected chi connectivity index (χ3v) is 3.69. The maximum absolute atomic E-state index is 12.7. The summed E-state index contributed by atoms with van der Waals surface area (Å²) in [6, 6.07) is 8.16. The summed E-state index contributed by atoms with van der Waals surface area (Å²) in [5, 5.41) is 8.32. The van der Waals surface area contributed by atoms with Gasteiger partial charge in [0.25, 0.3) is 0 Å². The average molecular weight is 363 g/mol. The molecule has 1 aromatic carbocycles. The van der Waals surface area contributed by atoms with Gasteiger partial charge in [0, 0.05) is 6.42 Å². The summed E-state index contributed by atoms with van der Waals surface area (Å²) < 4.78 is 5.26. The highest BCUT2D eigenvalue weighted by atomic mass is 16.6. The number of benzene rings is 1. The highest BCUT2D eigenvalue weighted by Gasteiger charge is 2.27. The van der Waals surface area contributed by atoms with E-state index in [-0.39, 0.29) is 18.4 Å². The number of rotatable bonds is 8. The first kappa shape index (κ1) is 21.6. The molecule has 0 fully saturated rings. The lowest BCUT2D eigenvalue weighted by molar-refractivity contribution is -0.124. The molecule has 0 aliphatic heterocycles. The van der Waals surface area contributed by atoms with Crippen LogP contribution in [0.25, 0.3) is 0 Å². The van der Waals surface area contributed by atoms with E-state index < -0.39 is 23.8 Å². The van der Waals surface area contributed by atoms with Crippen molar-refractivity contribution in [2.75, 3.05) is 6.54 Å². The summed E-state index contributed by atoms with van der Waals surface area (Å²) in [5.41, 5.74) is 0.234. The summed E-state index contributed by atoms with van der Waals surface area (Å²) in [6.45, 7) is 9.03. The molecule has 26 heavy (non-hydrogen) atoms. The van der Waals surface area contributed by atoms with Crippen LogP contribution >= 0.6 is 0 Å². The minimum atomic E-state index is -0.819. The van der Waals surface area contributed by atoms with E-state index in [4.69, 9.17) is 4.74 Å². The Morgan fingerprint density at radius 3 is 2.23 bits per heavy atom. The highest BCUT2D eigenvalue weighted by Crippen LogP contribution is 2.10. The van der Waals surface area contributed by atoms with E-state index >= 15 is 0 Å². The van der Waals surface area contributed by atoms with Crippen molar-refractivity contribution in [2.24, 2.45) is 11.1 Å². The molecule has 7 nitrogen and oxygen atoms in total. The molecule has 0 spiro atoms. The van der Waals surface area contributed by atoms with Crippen molar-refractivity contribution in [3.05, 3.63) is 40.8 Å². The Hall–Kier alpha value is -2.44. The van der Waals surface area contributed by atoms with Crippen LogP contribution in [0.15, 0.2) is 35.5 Å². The van der Waals surface area contributed by atoms with Gasteiger partial charge in [0.15, 0.2) is 0 Å². The summed E-state index contributed by atoms with van der Waals surface area (Å²) >= 11 is 0. The number of nitrogens with one attached hydrogen (secondary N) is 2. The number of amides is 2. The third-order valence-electron chi connectivity index (χ3n) is 3.69. The van der Waals surface area contributed by atoms with Crippen molar-refractivity contribution in [1.29, 1.82) is 0 Å². The maximum atomic E-state index is 12.7. The summed E-state index contributed by atoms with van der Waals surface area (Å²) in [5.74, 6) is -0.336. The summed E-state index contributed by atoms with van der Waals surface area (Å²) in [4.78, 5) is 35.4. The number of ether oxygens (including phenoxy) is 1. The van der Waals surface area contributed by atoms with E-state index in [2.05, 4.69) is 15.8 Å². The van der Waals surface area contributed by atoms with Crippen LogP contribution in [-0.2, 0) is 16.0 Å². The Morgan fingerprint density at radius 2 is 1.73 bits per heavy atom. The Labute approximate surface area is 154 Å². The number of carbonyl (C=O) groups excluding carboxylic acids is 2. The fraction of sp³-hybridized carbons (Fsp3) is 0.579. The third kappa shape index (κ3) is 8.09. The van der Waals surface area contributed by atoms with Crippen LogP contribution in [0.2, 0.25) is 0 Å². The molecule has 2 amide bonds. The molecule has 2 unspecified atom stereocenters. The minimum Gasteiger partial charge on any atom is -0.444 e. The topological polar surface area (TPSA) is 96.9 Å². The lowest BCUT2D eigenvalue weighted by Gasteiger charge is -2.26. The standard InChI is InChI=1S/C19H29N3O4/c1-13(2)16(12-20-25)21-17(23)15(11-14-9-7-6-8-10-14)22-18(24)26-19(3,4)5/h6-10,13,15-16H,11-12H2,1-5H3,(H,21,23)(H,22,24). The predicted octanol–water partition coefficient (Wildman–Crippen LogP) is 3.03. The van der Waals surface area contributed by atoms with E-state index in [1.807, 2.05) is 44.2 Å². The number of nitrogens with zero attached hydrogens (tertiary/aromatic N) is 1. The fourth-order valence-corrected chi connectivity index (χ4v) is 2.30. The van der Waals surface area contributed by atoms with Gasteiger partial charge in [0.05, 0.1) is 6.04 Å². The molecule has 0 bridgehead atoms. The lowest BCUT2D eigenvalue weighted by Crippen LogP contribution is -2.53. The normalized spacial score (nSPS) is 13.6. The second-order valence-electron chi connectivity index (χ2n) is 7.56. The largest absolute Gasteiger partial charge is 0.444 e. The van der Waals surface area contributed by atoms with E-state index in [1.165, 1.54) is 0 Å². The Bertz CT molecular complexity index is 597. The van der Waals surface area contributed by atoms with Gasteiger partial charge in [-0.25, -0.2) is 4.79 Å². The second kappa shape index (κ2) is 9.89. The van der Waals surface area contributed by atoms with E-state index in [0.717, 1.165) is 5.56 Å². The Morgan fingerprint density at radius 1 is 1.12 bits per heavy atom. The molecule has 0 aliphatic rings. The molecule has 1 aromatic rings. The number of hydrogen-bond donors (Lipinski definition) is 2. The van der Waals surface area contributed by atoms with Gasteiger partial charge >= 0.3 is 6.09 Å². The lowest BCUT2D eigenvalue weighted by atomic mass is 10.0. The van der Waals surface area contributed by atoms with Crippen molar-refractivity contribution in [3.8, 4) is 0 Å². The molecule has 7 heteroatoms. The average Bonchev–Trinajstić information content (AvgIpc) is 2.52. The first-order chi connectivity index (χ1) is 12.1. The molecule has 0 saturated carbocycles. The second-order valence-corrected chi connectivity index (χ2v) is 7.56. The van der Waals surface area contributed by atoms with Crippen LogP contribution in [0.4, 0.5) is 4.79 Å². The van der Waals surface area contributed by atoms with Gasteiger partial charge in [-0.3, -0.25) is 4.79 Å². The zero-order valence-corrected chi connectivity index (χ0v) is 16.1. The molecule has 0 saturated heterocycles. The van der Waals surface area contributed by atoms with Crippen LogP contribution in [0.3, 0.4) is 0 Å². The summed E-state index contributed by atoms with van der Waals surface area (Å²) in [6.07, 6.45) is -0.353. The molecule has 144 valence electrons.